The van der Waals surface area contributed by atoms with E-state index in [0.29, 0.717) is 43.4 Å². The number of benzene rings is 4. The molecule has 0 radical (unpaired) electrons. The number of fused-ring (bicyclic) bond motifs is 5. The van der Waals surface area contributed by atoms with Crippen LogP contribution >= 0.6 is 0 Å². The number of aryl methyl sites for hydroxylation is 1. The Morgan fingerprint density at radius 1 is 0.880 bits per heavy atom. The van der Waals surface area contributed by atoms with E-state index in [1.807, 2.05) is 24.3 Å². The number of likely N-dealkylation sites (tertiary alicyclic amines) is 1. The standard InChI is InChI=1S/C56H75N9O10/c1-6-7-11-35-14-17-37(18-15-35)38-19-21-39(22-20-38)52(71)59-31-32(2)50(69)62-43(12-8-9-26-57)56(75)64(5)48-40-23-25-47(67)42(30-40)41-28-36(16-24-46(41)66)29-44(63-51(70)33(3)60-54(48)73)53(72)61-34(4)55(74)65-27-10-13-45(65)49(58)68/h14-25,28,30,32-34,43-45,48,52,54,59-60,66-67,71,73H,6-13,26-27,29,31,57H2,1-5H3,(H2,58,68)(H,61,72)(H,62,69)(H,63,70)/t32-,33+,34+,43+,44+,45+,48+,52?,54?/m1/s1. The van der Waals surface area contributed by atoms with Gasteiger partial charge in [-0.05, 0) is 123 Å². The van der Waals surface area contributed by atoms with Gasteiger partial charge in [-0.2, -0.15) is 0 Å². The van der Waals surface area contributed by atoms with Gasteiger partial charge >= 0.3 is 0 Å². The van der Waals surface area contributed by atoms with Crippen molar-refractivity contribution in [1.29, 1.82) is 0 Å². The number of phenols is 2. The largest absolute Gasteiger partial charge is 0.507 e. The van der Waals surface area contributed by atoms with Crippen molar-refractivity contribution in [1.82, 2.24) is 36.4 Å². The number of aromatic hydroxyl groups is 2. The second-order valence-corrected chi connectivity index (χ2v) is 19.9. The van der Waals surface area contributed by atoms with Crippen LogP contribution in [-0.4, -0.2) is 129 Å². The lowest BCUT2D eigenvalue weighted by Gasteiger charge is -2.36. The second-order valence-electron chi connectivity index (χ2n) is 19.9. The Morgan fingerprint density at radius 2 is 1.53 bits per heavy atom. The summed E-state index contributed by atoms with van der Waals surface area (Å²) in [6.07, 6.45) is 2.51. The molecule has 9 atom stereocenters. The van der Waals surface area contributed by atoms with Gasteiger partial charge in [0.1, 0.15) is 48.1 Å². The molecule has 6 rings (SSSR count). The van der Waals surface area contributed by atoms with E-state index in [1.165, 1.54) is 66.6 Å². The van der Waals surface area contributed by atoms with Gasteiger partial charge in [-0.3, -0.25) is 39.4 Å². The summed E-state index contributed by atoms with van der Waals surface area (Å²) in [6.45, 7) is 7.41. The molecule has 19 nitrogen and oxygen atoms in total. The van der Waals surface area contributed by atoms with Gasteiger partial charge in [-0.15, -0.1) is 0 Å². The molecule has 2 unspecified atom stereocenters. The summed E-state index contributed by atoms with van der Waals surface area (Å²) in [6, 6.07) is 17.9. The summed E-state index contributed by atoms with van der Waals surface area (Å²) >= 11 is 0. The minimum absolute atomic E-state index is 0.0543. The Kier molecular flexibility index (Phi) is 20.3. The molecule has 1 saturated heterocycles. The highest BCUT2D eigenvalue weighted by Crippen LogP contribution is 2.39. The van der Waals surface area contributed by atoms with Crippen molar-refractivity contribution in [3.8, 4) is 33.8 Å². The third kappa shape index (κ3) is 14.7. The maximum atomic E-state index is 14.8. The van der Waals surface area contributed by atoms with Crippen LogP contribution < -0.4 is 38.1 Å². The van der Waals surface area contributed by atoms with Crippen molar-refractivity contribution in [3.05, 3.63) is 107 Å². The fourth-order valence-corrected chi connectivity index (χ4v) is 9.66. The number of likely N-dealkylation sites (N-methyl/N-ethyl adjacent to an activating group) is 1. The molecule has 13 N–H and O–H groups in total. The Labute approximate surface area is 438 Å². The minimum Gasteiger partial charge on any atom is -0.507 e. The number of unbranched alkanes of at least 4 members (excludes halogenated alkanes) is 2. The molecule has 1 fully saturated rings. The van der Waals surface area contributed by atoms with Crippen LogP contribution in [0.4, 0.5) is 0 Å². The highest BCUT2D eigenvalue weighted by molar-refractivity contribution is 5.95. The molecular weight excluding hydrogens is 959 g/mol. The van der Waals surface area contributed by atoms with Crippen molar-refractivity contribution in [2.45, 2.75) is 134 Å². The summed E-state index contributed by atoms with van der Waals surface area (Å²) in [5.74, 6) is -4.96. The first-order chi connectivity index (χ1) is 35.8. The van der Waals surface area contributed by atoms with Crippen LogP contribution in [0.3, 0.4) is 0 Å². The molecular formula is C56H75N9O10. The number of rotatable bonds is 20. The lowest BCUT2D eigenvalue weighted by atomic mass is 9.93. The average molecular weight is 1030 g/mol. The van der Waals surface area contributed by atoms with Crippen LogP contribution in [0.15, 0.2) is 84.9 Å². The van der Waals surface area contributed by atoms with Crippen LogP contribution in [0.2, 0.25) is 0 Å². The topological polar surface area (TPSA) is 302 Å². The molecule has 2 aliphatic rings. The molecule has 0 saturated carbocycles. The highest BCUT2D eigenvalue weighted by atomic mass is 16.3. The van der Waals surface area contributed by atoms with Crippen molar-refractivity contribution in [2.75, 3.05) is 26.7 Å². The number of nitrogens with zero attached hydrogens (tertiary/aromatic N) is 2. The van der Waals surface area contributed by atoms with Crippen LogP contribution in [-0.2, 0) is 41.6 Å². The SMILES string of the molecule is CCCCc1ccc(-c2ccc(C(O)NC[C@@H](C)C(=O)N[C@@H](CCCCN)C(=O)N(C)[C@H]3c4ccc(O)c(c4)-c4cc(ccc4O)C[C@@H](C(=O)N[C@@H](C)C(=O)N4CCC[C@H]4C(N)=O)NC(=O)[C@H](C)NC3O)cc2)cc1. The fraction of sp³-hybridized carbons (Fsp3) is 0.464. The number of phenolic OH excluding ortho intramolecular Hbond substituents is 2. The molecule has 4 aromatic rings. The molecule has 75 heavy (non-hydrogen) atoms. The van der Waals surface area contributed by atoms with Gasteiger partial charge < -0.3 is 57.6 Å². The summed E-state index contributed by atoms with van der Waals surface area (Å²) in [4.78, 5) is 84.7. The first kappa shape index (κ1) is 57.4. The van der Waals surface area contributed by atoms with Crippen LogP contribution in [0.1, 0.15) is 107 Å². The van der Waals surface area contributed by atoms with E-state index >= 15 is 0 Å². The average Bonchev–Trinajstić information content (AvgIpc) is 3.90. The molecule has 2 aliphatic heterocycles. The van der Waals surface area contributed by atoms with E-state index in [-0.39, 0.29) is 54.1 Å². The third-order valence-electron chi connectivity index (χ3n) is 14.2. The van der Waals surface area contributed by atoms with Crippen molar-refractivity contribution in [3.63, 3.8) is 0 Å². The first-order valence-electron chi connectivity index (χ1n) is 26.0. The Balaban J connectivity index is 1.20. The van der Waals surface area contributed by atoms with Crippen molar-refractivity contribution < 1.29 is 49.2 Å². The molecule has 0 aliphatic carbocycles. The van der Waals surface area contributed by atoms with Crippen LogP contribution in [0, 0.1) is 5.92 Å². The van der Waals surface area contributed by atoms with E-state index < -0.39 is 90.1 Å². The number of hydrogen-bond acceptors (Lipinski definition) is 13. The summed E-state index contributed by atoms with van der Waals surface area (Å²) in [5.41, 5.74) is 16.3. The summed E-state index contributed by atoms with van der Waals surface area (Å²) in [7, 11) is 1.43. The number of carbonyl (C=O) groups excluding carboxylic acids is 6. The molecule has 2 heterocycles. The zero-order valence-corrected chi connectivity index (χ0v) is 43.6. The highest BCUT2D eigenvalue weighted by Gasteiger charge is 2.38. The van der Waals surface area contributed by atoms with Crippen molar-refractivity contribution >= 4 is 35.4 Å². The monoisotopic (exact) mass is 1030 g/mol. The molecule has 4 bridgehead atoms. The maximum Gasteiger partial charge on any atom is 0.245 e. The van der Waals surface area contributed by atoms with Gasteiger partial charge in [0.15, 0.2) is 0 Å². The first-order valence-corrected chi connectivity index (χ1v) is 26.0. The molecule has 0 aromatic heterocycles. The fourth-order valence-electron chi connectivity index (χ4n) is 9.66. The van der Waals surface area contributed by atoms with Crippen molar-refractivity contribution in [2.24, 2.45) is 17.4 Å². The number of carbonyl (C=O) groups is 6. The number of aliphatic hydroxyl groups is 2. The van der Waals surface area contributed by atoms with E-state index in [2.05, 4.69) is 57.8 Å². The van der Waals surface area contributed by atoms with Crippen LogP contribution in [0.5, 0.6) is 11.5 Å². The van der Waals surface area contributed by atoms with Gasteiger partial charge in [0.25, 0.3) is 0 Å². The quantitative estimate of drug-likeness (QED) is 0.0449. The smallest absolute Gasteiger partial charge is 0.245 e. The number of nitrogens with two attached hydrogens (primary N) is 2. The summed E-state index contributed by atoms with van der Waals surface area (Å²) < 4.78 is 0. The Morgan fingerprint density at radius 3 is 2.19 bits per heavy atom. The zero-order chi connectivity index (χ0) is 54.5. The van der Waals surface area contributed by atoms with E-state index in [1.54, 1.807) is 13.0 Å². The van der Waals surface area contributed by atoms with Gasteiger partial charge in [0.05, 0.1) is 12.1 Å². The molecule has 0 spiro atoms. The van der Waals surface area contributed by atoms with Crippen LogP contribution in [0.25, 0.3) is 22.3 Å². The molecule has 4 aromatic carbocycles. The van der Waals surface area contributed by atoms with Gasteiger partial charge in [0, 0.05) is 43.6 Å². The summed E-state index contributed by atoms with van der Waals surface area (Å²) in [5, 5.41) is 59.8. The normalized spacial score (nSPS) is 20.4. The number of amides is 6. The molecule has 404 valence electrons. The zero-order valence-electron chi connectivity index (χ0n) is 43.6. The molecule has 6 amide bonds. The third-order valence-corrected chi connectivity index (χ3v) is 14.2. The van der Waals surface area contributed by atoms with Gasteiger partial charge in [0.2, 0.25) is 35.4 Å². The Hall–Kier alpha value is -6.90. The minimum atomic E-state index is -1.70. The predicted molar refractivity (Wildman–Crippen MR) is 284 cm³/mol. The second kappa shape index (κ2) is 26.5. The predicted octanol–water partition coefficient (Wildman–Crippen LogP) is 3.12. The number of hydrogen-bond donors (Lipinski definition) is 11. The van der Waals surface area contributed by atoms with E-state index in [9.17, 15) is 49.2 Å². The molecule has 19 heteroatoms. The Bertz CT molecular complexity index is 2630. The number of primary amides is 1. The van der Waals surface area contributed by atoms with Gasteiger partial charge in [-0.25, -0.2) is 0 Å². The van der Waals surface area contributed by atoms with E-state index in [4.69, 9.17) is 11.5 Å². The number of nitrogens with one attached hydrogen (secondary N) is 5. The number of aliphatic hydroxyl groups excluding tert-OH is 2. The lowest BCUT2D eigenvalue weighted by Crippen LogP contribution is -2.59. The maximum absolute atomic E-state index is 14.8. The van der Waals surface area contributed by atoms with Gasteiger partial charge in [-0.1, -0.05) is 80.9 Å². The lowest BCUT2D eigenvalue weighted by molar-refractivity contribution is -0.141. The van der Waals surface area contributed by atoms with E-state index in [0.717, 1.165) is 30.4 Å².